The molecule has 2 rings (SSSR count). The molecule has 2 N–H and O–H groups in total. The van der Waals surface area contributed by atoms with E-state index < -0.39 is 6.04 Å². The molecule has 1 fully saturated rings. The molecular weight excluding hydrogens is 247 g/mol. The highest BCUT2D eigenvalue weighted by molar-refractivity contribution is 5.81. The average Bonchev–Trinajstić information content (AvgIpc) is 2.41. The van der Waals surface area contributed by atoms with Crippen molar-refractivity contribution in [1.29, 1.82) is 0 Å². The van der Waals surface area contributed by atoms with E-state index in [0.29, 0.717) is 18.8 Å². The van der Waals surface area contributed by atoms with Crippen molar-refractivity contribution in [3.8, 4) is 5.75 Å². The highest BCUT2D eigenvalue weighted by atomic mass is 19.1. The van der Waals surface area contributed by atoms with E-state index in [1.54, 1.807) is 24.0 Å². The van der Waals surface area contributed by atoms with Crippen LogP contribution in [-0.2, 0) is 4.79 Å². The quantitative estimate of drug-likeness (QED) is 0.903. The Kier molecular flexibility index (Phi) is 4.37. The first-order valence-electron chi connectivity index (χ1n) is 6.53. The Morgan fingerprint density at radius 1 is 1.37 bits per heavy atom. The standard InChI is InChI=1S/C14H19FN2O2/c1-10(16)14(18)17-8-6-13(7-9-17)19-12-4-2-11(15)3-5-12/h2-5,10,13H,6-9,16H2,1H3/t10-/m0/s1. The number of nitrogens with two attached hydrogens (primary N) is 1. The summed E-state index contributed by atoms with van der Waals surface area (Å²) in [4.78, 5) is 13.5. The van der Waals surface area contributed by atoms with Crippen LogP contribution < -0.4 is 10.5 Å². The van der Waals surface area contributed by atoms with Gasteiger partial charge in [0.25, 0.3) is 0 Å². The van der Waals surface area contributed by atoms with Gasteiger partial charge in [-0.25, -0.2) is 4.39 Å². The van der Waals surface area contributed by atoms with Crippen molar-refractivity contribution < 1.29 is 13.9 Å². The fraction of sp³-hybridized carbons (Fsp3) is 0.500. The second-order valence-electron chi connectivity index (χ2n) is 4.89. The molecule has 0 unspecified atom stereocenters. The Morgan fingerprint density at radius 2 is 1.95 bits per heavy atom. The predicted molar refractivity (Wildman–Crippen MR) is 70.3 cm³/mol. The van der Waals surface area contributed by atoms with Crippen molar-refractivity contribution in [1.82, 2.24) is 4.90 Å². The van der Waals surface area contributed by atoms with Crippen LogP contribution in [0.2, 0.25) is 0 Å². The third-order valence-electron chi connectivity index (χ3n) is 3.26. The topological polar surface area (TPSA) is 55.6 Å². The maximum atomic E-state index is 12.8. The van der Waals surface area contributed by atoms with Gasteiger partial charge in [-0.05, 0) is 31.2 Å². The van der Waals surface area contributed by atoms with Gasteiger partial charge < -0.3 is 15.4 Å². The summed E-state index contributed by atoms with van der Waals surface area (Å²) in [7, 11) is 0. The van der Waals surface area contributed by atoms with Crippen molar-refractivity contribution in [3.63, 3.8) is 0 Å². The number of benzene rings is 1. The molecule has 0 bridgehead atoms. The minimum atomic E-state index is -0.449. The molecule has 0 radical (unpaired) electrons. The van der Waals surface area contributed by atoms with Crippen LogP contribution in [0, 0.1) is 5.82 Å². The van der Waals surface area contributed by atoms with Gasteiger partial charge in [-0.3, -0.25) is 4.79 Å². The smallest absolute Gasteiger partial charge is 0.239 e. The molecule has 0 aromatic heterocycles. The van der Waals surface area contributed by atoms with Crippen molar-refractivity contribution in [2.24, 2.45) is 5.73 Å². The lowest BCUT2D eigenvalue weighted by atomic mass is 10.1. The van der Waals surface area contributed by atoms with E-state index in [0.717, 1.165) is 12.8 Å². The van der Waals surface area contributed by atoms with Gasteiger partial charge in [-0.1, -0.05) is 0 Å². The van der Waals surface area contributed by atoms with Gasteiger partial charge in [0, 0.05) is 25.9 Å². The van der Waals surface area contributed by atoms with Crippen molar-refractivity contribution in [2.75, 3.05) is 13.1 Å². The maximum Gasteiger partial charge on any atom is 0.239 e. The van der Waals surface area contributed by atoms with Gasteiger partial charge in [-0.2, -0.15) is 0 Å². The molecule has 1 aromatic carbocycles. The van der Waals surface area contributed by atoms with E-state index in [1.807, 2.05) is 0 Å². The second-order valence-corrected chi connectivity index (χ2v) is 4.89. The number of likely N-dealkylation sites (tertiary alicyclic amines) is 1. The van der Waals surface area contributed by atoms with Crippen LogP contribution >= 0.6 is 0 Å². The van der Waals surface area contributed by atoms with Gasteiger partial charge in [0.05, 0.1) is 6.04 Å². The normalized spacial score (nSPS) is 18.2. The number of carbonyl (C=O) groups is 1. The molecule has 0 saturated carbocycles. The molecule has 19 heavy (non-hydrogen) atoms. The van der Waals surface area contributed by atoms with Crippen LogP contribution in [0.1, 0.15) is 19.8 Å². The lowest BCUT2D eigenvalue weighted by Crippen LogP contribution is -2.47. The van der Waals surface area contributed by atoms with Crippen LogP contribution in [0.4, 0.5) is 4.39 Å². The Balaban J connectivity index is 1.83. The van der Waals surface area contributed by atoms with E-state index in [1.165, 1.54) is 12.1 Å². The SMILES string of the molecule is C[C@H](N)C(=O)N1CCC(Oc2ccc(F)cc2)CC1. The predicted octanol–water partition coefficient (Wildman–Crippen LogP) is 1.54. The van der Waals surface area contributed by atoms with E-state index in [-0.39, 0.29) is 17.8 Å². The van der Waals surface area contributed by atoms with Gasteiger partial charge in [0.1, 0.15) is 17.7 Å². The Labute approximate surface area is 112 Å². The lowest BCUT2D eigenvalue weighted by Gasteiger charge is -2.33. The molecule has 1 aliphatic rings. The third-order valence-corrected chi connectivity index (χ3v) is 3.26. The third kappa shape index (κ3) is 3.67. The maximum absolute atomic E-state index is 12.8. The molecule has 1 amide bonds. The Hall–Kier alpha value is -1.62. The van der Waals surface area contributed by atoms with Crippen LogP contribution in [0.3, 0.4) is 0 Å². The van der Waals surface area contributed by atoms with E-state index in [2.05, 4.69) is 0 Å². The molecule has 1 heterocycles. The minimum absolute atomic E-state index is 0.0137. The summed E-state index contributed by atoms with van der Waals surface area (Å²) in [5.41, 5.74) is 5.58. The number of ether oxygens (including phenoxy) is 1. The molecule has 0 spiro atoms. The molecule has 104 valence electrons. The monoisotopic (exact) mass is 266 g/mol. The average molecular weight is 266 g/mol. The van der Waals surface area contributed by atoms with Gasteiger partial charge >= 0.3 is 0 Å². The van der Waals surface area contributed by atoms with Crippen molar-refractivity contribution >= 4 is 5.91 Å². The van der Waals surface area contributed by atoms with Crippen LogP contribution in [0.15, 0.2) is 24.3 Å². The minimum Gasteiger partial charge on any atom is -0.490 e. The fourth-order valence-corrected chi connectivity index (χ4v) is 2.19. The van der Waals surface area contributed by atoms with Gasteiger partial charge in [-0.15, -0.1) is 0 Å². The van der Waals surface area contributed by atoms with Crippen molar-refractivity contribution in [2.45, 2.75) is 31.9 Å². The number of hydrogen-bond donors (Lipinski definition) is 1. The molecule has 1 aromatic rings. The lowest BCUT2D eigenvalue weighted by molar-refractivity contribution is -0.133. The first-order valence-corrected chi connectivity index (χ1v) is 6.53. The number of carbonyl (C=O) groups excluding carboxylic acids is 1. The Bertz CT molecular complexity index is 426. The van der Waals surface area contributed by atoms with Crippen LogP contribution in [-0.4, -0.2) is 36.0 Å². The summed E-state index contributed by atoms with van der Waals surface area (Å²) >= 11 is 0. The van der Waals surface area contributed by atoms with Gasteiger partial charge in [0.15, 0.2) is 0 Å². The van der Waals surface area contributed by atoms with Gasteiger partial charge in [0.2, 0.25) is 5.91 Å². The summed E-state index contributed by atoms with van der Waals surface area (Å²) in [6.45, 7) is 3.02. The molecule has 1 atom stereocenters. The summed E-state index contributed by atoms with van der Waals surface area (Å²) in [5, 5.41) is 0. The molecule has 4 nitrogen and oxygen atoms in total. The summed E-state index contributed by atoms with van der Waals surface area (Å²) in [5.74, 6) is 0.378. The highest BCUT2D eigenvalue weighted by Crippen LogP contribution is 2.19. The Morgan fingerprint density at radius 3 is 2.47 bits per heavy atom. The summed E-state index contributed by atoms with van der Waals surface area (Å²) < 4.78 is 18.5. The highest BCUT2D eigenvalue weighted by Gasteiger charge is 2.25. The van der Waals surface area contributed by atoms with Crippen LogP contribution in [0.5, 0.6) is 5.75 Å². The van der Waals surface area contributed by atoms with Crippen molar-refractivity contribution in [3.05, 3.63) is 30.1 Å². The zero-order valence-corrected chi connectivity index (χ0v) is 11.0. The zero-order valence-electron chi connectivity index (χ0n) is 11.0. The number of nitrogens with zero attached hydrogens (tertiary/aromatic N) is 1. The van der Waals surface area contributed by atoms with Crippen LogP contribution in [0.25, 0.3) is 0 Å². The van der Waals surface area contributed by atoms with E-state index >= 15 is 0 Å². The first-order chi connectivity index (χ1) is 9.06. The first kappa shape index (κ1) is 13.8. The number of piperidine rings is 1. The number of amides is 1. The largest absolute Gasteiger partial charge is 0.490 e. The molecule has 1 saturated heterocycles. The molecule has 1 aliphatic heterocycles. The summed E-state index contributed by atoms with van der Waals surface area (Å²) in [6, 6.07) is 5.55. The molecule has 5 heteroatoms. The summed E-state index contributed by atoms with van der Waals surface area (Å²) in [6.07, 6.45) is 1.62. The fourth-order valence-electron chi connectivity index (χ4n) is 2.19. The second kappa shape index (κ2) is 6.02. The number of rotatable bonds is 3. The number of halogens is 1. The van der Waals surface area contributed by atoms with E-state index in [4.69, 9.17) is 10.5 Å². The zero-order chi connectivity index (χ0) is 13.8. The molecular formula is C14H19FN2O2. The number of hydrogen-bond acceptors (Lipinski definition) is 3. The molecule has 0 aliphatic carbocycles. The van der Waals surface area contributed by atoms with E-state index in [9.17, 15) is 9.18 Å².